The Labute approximate surface area is 99.4 Å². The molecule has 2 aromatic rings. The highest BCUT2D eigenvalue weighted by atomic mass is 16.1. The molecule has 1 aromatic carbocycles. The average molecular weight is 231 g/mol. The Hall–Kier alpha value is -1.55. The van der Waals surface area contributed by atoms with Crippen LogP contribution in [0.25, 0.3) is 11.0 Å². The van der Waals surface area contributed by atoms with Crippen molar-refractivity contribution in [3.8, 4) is 0 Å². The number of aromatic amines is 2. The quantitative estimate of drug-likeness (QED) is 0.752. The second-order valence-corrected chi connectivity index (χ2v) is 4.76. The Morgan fingerprint density at radius 3 is 2.82 bits per heavy atom. The van der Waals surface area contributed by atoms with Gasteiger partial charge in [-0.15, -0.1) is 0 Å². The maximum atomic E-state index is 11.2. The second kappa shape index (κ2) is 4.04. The number of imidazole rings is 1. The molecule has 90 valence electrons. The summed E-state index contributed by atoms with van der Waals surface area (Å²) in [4.78, 5) is 16.8. The molecule has 0 radical (unpaired) electrons. The van der Waals surface area contributed by atoms with Crippen molar-refractivity contribution in [2.45, 2.75) is 25.8 Å². The zero-order chi connectivity index (χ0) is 11.8. The zero-order valence-electron chi connectivity index (χ0n) is 9.92. The van der Waals surface area contributed by atoms with Gasteiger partial charge in [0, 0.05) is 6.04 Å². The van der Waals surface area contributed by atoms with E-state index in [-0.39, 0.29) is 5.69 Å². The molecule has 4 heteroatoms. The Bertz CT molecular complexity index is 580. The normalized spacial score (nSPS) is 17.5. The number of rotatable bonds is 4. The minimum Gasteiger partial charge on any atom is -0.310 e. The third-order valence-corrected chi connectivity index (χ3v) is 3.42. The molecule has 0 saturated heterocycles. The van der Waals surface area contributed by atoms with Gasteiger partial charge in [0.05, 0.1) is 11.0 Å². The van der Waals surface area contributed by atoms with E-state index in [1.165, 1.54) is 18.4 Å². The van der Waals surface area contributed by atoms with Crippen LogP contribution < -0.4 is 11.0 Å². The van der Waals surface area contributed by atoms with Crippen molar-refractivity contribution >= 4 is 11.0 Å². The monoisotopic (exact) mass is 231 g/mol. The van der Waals surface area contributed by atoms with E-state index >= 15 is 0 Å². The molecule has 1 aliphatic rings. The van der Waals surface area contributed by atoms with Crippen molar-refractivity contribution < 1.29 is 0 Å². The molecule has 1 aliphatic carbocycles. The van der Waals surface area contributed by atoms with Crippen LogP contribution in [0.5, 0.6) is 0 Å². The van der Waals surface area contributed by atoms with Crippen LogP contribution in [0, 0.1) is 5.92 Å². The molecule has 1 fully saturated rings. The van der Waals surface area contributed by atoms with Gasteiger partial charge in [-0.05, 0) is 43.0 Å². The lowest BCUT2D eigenvalue weighted by Crippen LogP contribution is -2.22. The molecule has 1 heterocycles. The lowest BCUT2D eigenvalue weighted by Gasteiger charge is -2.17. The first-order valence-electron chi connectivity index (χ1n) is 6.23. The Kier molecular flexibility index (Phi) is 2.52. The van der Waals surface area contributed by atoms with Crippen LogP contribution in [0.2, 0.25) is 0 Å². The number of benzene rings is 1. The van der Waals surface area contributed by atoms with Crippen LogP contribution in [-0.4, -0.2) is 16.5 Å². The van der Waals surface area contributed by atoms with Crippen LogP contribution in [0.15, 0.2) is 23.0 Å². The van der Waals surface area contributed by atoms with Gasteiger partial charge in [-0.3, -0.25) is 0 Å². The van der Waals surface area contributed by atoms with Gasteiger partial charge in [0.15, 0.2) is 0 Å². The second-order valence-electron chi connectivity index (χ2n) is 4.76. The molecule has 3 N–H and O–H groups in total. The first-order valence-corrected chi connectivity index (χ1v) is 6.23. The number of hydrogen-bond acceptors (Lipinski definition) is 2. The molecule has 0 amide bonds. The van der Waals surface area contributed by atoms with Crippen LogP contribution >= 0.6 is 0 Å². The number of nitrogens with one attached hydrogen (secondary N) is 3. The van der Waals surface area contributed by atoms with Gasteiger partial charge < -0.3 is 15.3 Å². The smallest absolute Gasteiger partial charge is 0.310 e. The van der Waals surface area contributed by atoms with Gasteiger partial charge in [0.25, 0.3) is 0 Å². The summed E-state index contributed by atoms with van der Waals surface area (Å²) < 4.78 is 0. The van der Waals surface area contributed by atoms with E-state index < -0.39 is 0 Å². The van der Waals surface area contributed by atoms with Crippen molar-refractivity contribution in [1.29, 1.82) is 0 Å². The molecule has 17 heavy (non-hydrogen) atoms. The van der Waals surface area contributed by atoms with Gasteiger partial charge in [0.2, 0.25) is 0 Å². The van der Waals surface area contributed by atoms with E-state index in [2.05, 4.69) is 34.3 Å². The predicted molar refractivity (Wildman–Crippen MR) is 68.1 cm³/mol. The van der Waals surface area contributed by atoms with Crippen molar-refractivity contribution in [2.24, 2.45) is 5.92 Å². The fourth-order valence-corrected chi connectivity index (χ4v) is 2.45. The minimum absolute atomic E-state index is 0.136. The van der Waals surface area contributed by atoms with Gasteiger partial charge in [-0.25, -0.2) is 4.79 Å². The predicted octanol–water partition coefficient (Wildman–Crippen LogP) is 1.92. The van der Waals surface area contributed by atoms with Crippen LogP contribution in [0.1, 0.15) is 31.4 Å². The van der Waals surface area contributed by atoms with Gasteiger partial charge in [0.1, 0.15) is 0 Å². The van der Waals surface area contributed by atoms with Crippen LogP contribution in [0.3, 0.4) is 0 Å². The van der Waals surface area contributed by atoms with Gasteiger partial charge in [-0.1, -0.05) is 13.0 Å². The molecular formula is C13H17N3O. The molecular weight excluding hydrogens is 214 g/mol. The van der Waals surface area contributed by atoms with Gasteiger partial charge in [-0.2, -0.15) is 0 Å². The third-order valence-electron chi connectivity index (χ3n) is 3.42. The van der Waals surface area contributed by atoms with Crippen molar-refractivity contribution in [3.63, 3.8) is 0 Å². The SMILES string of the molecule is CCNC(c1ccc2[nH]c(=O)[nH]c2c1)C1CC1. The zero-order valence-corrected chi connectivity index (χ0v) is 9.92. The summed E-state index contributed by atoms with van der Waals surface area (Å²) in [5, 5.41) is 3.53. The van der Waals surface area contributed by atoms with Crippen molar-refractivity contribution in [3.05, 3.63) is 34.2 Å². The Balaban J connectivity index is 2.00. The topological polar surface area (TPSA) is 60.7 Å². The summed E-state index contributed by atoms with van der Waals surface area (Å²) in [6.45, 7) is 3.11. The average Bonchev–Trinajstić information content (AvgIpc) is 3.07. The lowest BCUT2D eigenvalue weighted by atomic mass is 10.0. The summed E-state index contributed by atoms with van der Waals surface area (Å²) in [6, 6.07) is 6.61. The standard InChI is InChI=1S/C13H17N3O/c1-2-14-12(8-3-4-8)9-5-6-10-11(7-9)16-13(17)15-10/h5-8,12,14H,2-4H2,1H3,(H2,15,16,17). The van der Waals surface area contributed by atoms with Crippen molar-refractivity contribution in [2.75, 3.05) is 6.54 Å². The number of aromatic nitrogens is 2. The summed E-state index contributed by atoms with van der Waals surface area (Å²) in [6.07, 6.45) is 2.61. The van der Waals surface area contributed by atoms with E-state index in [1.54, 1.807) is 0 Å². The van der Waals surface area contributed by atoms with Crippen LogP contribution in [-0.2, 0) is 0 Å². The van der Waals surface area contributed by atoms with Crippen LogP contribution in [0.4, 0.5) is 0 Å². The van der Waals surface area contributed by atoms with E-state index in [1.807, 2.05) is 6.07 Å². The minimum atomic E-state index is -0.136. The van der Waals surface area contributed by atoms with E-state index in [0.717, 1.165) is 23.5 Å². The lowest BCUT2D eigenvalue weighted by molar-refractivity contribution is 0.496. The number of hydrogen-bond donors (Lipinski definition) is 3. The summed E-state index contributed by atoms with van der Waals surface area (Å²) in [7, 11) is 0. The Morgan fingerprint density at radius 2 is 2.12 bits per heavy atom. The highest BCUT2D eigenvalue weighted by Gasteiger charge is 2.31. The largest absolute Gasteiger partial charge is 0.323 e. The first-order chi connectivity index (χ1) is 8.28. The molecule has 0 spiro atoms. The molecule has 1 saturated carbocycles. The molecule has 3 rings (SSSR count). The maximum Gasteiger partial charge on any atom is 0.323 e. The molecule has 0 aliphatic heterocycles. The molecule has 4 nitrogen and oxygen atoms in total. The van der Waals surface area contributed by atoms with E-state index in [4.69, 9.17) is 0 Å². The summed E-state index contributed by atoms with van der Waals surface area (Å²) in [5.74, 6) is 0.762. The first kappa shape index (κ1) is 10.6. The summed E-state index contributed by atoms with van der Waals surface area (Å²) >= 11 is 0. The molecule has 0 bridgehead atoms. The highest BCUT2D eigenvalue weighted by Crippen LogP contribution is 2.41. The number of H-pyrrole nitrogens is 2. The van der Waals surface area contributed by atoms with E-state index in [0.29, 0.717) is 6.04 Å². The summed E-state index contributed by atoms with van der Waals surface area (Å²) in [5.41, 5.74) is 2.92. The molecule has 1 atom stereocenters. The Morgan fingerprint density at radius 1 is 1.35 bits per heavy atom. The van der Waals surface area contributed by atoms with Gasteiger partial charge >= 0.3 is 5.69 Å². The highest BCUT2D eigenvalue weighted by molar-refractivity contribution is 5.75. The molecule has 1 unspecified atom stereocenters. The fourth-order valence-electron chi connectivity index (χ4n) is 2.45. The number of fused-ring (bicyclic) bond motifs is 1. The fraction of sp³-hybridized carbons (Fsp3) is 0.462. The maximum absolute atomic E-state index is 11.2. The third kappa shape index (κ3) is 2.00. The van der Waals surface area contributed by atoms with E-state index in [9.17, 15) is 4.79 Å². The van der Waals surface area contributed by atoms with Crippen molar-refractivity contribution in [1.82, 2.24) is 15.3 Å². The molecule has 1 aromatic heterocycles.